The van der Waals surface area contributed by atoms with E-state index in [1.54, 1.807) is 6.20 Å². The zero-order valence-corrected chi connectivity index (χ0v) is 16.0. The Hall–Kier alpha value is -2.96. The van der Waals surface area contributed by atoms with E-state index in [2.05, 4.69) is 32.3 Å². The van der Waals surface area contributed by atoms with Gasteiger partial charge in [-0.25, -0.2) is 9.97 Å². The maximum atomic E-state index is 13.0. The van der Waals surface area contributed by atoms with Gasteiger partial charge in [0.25, 0.3) is 5.91 Å². The van der Waals surface area contributed by atoms with Crippen LogP contribution in [0.2, 0.25) is 0 Å². The highest BCUT2D eigenvalue weighted by Gasteiger charge is 2.38. The number of aromatic nitrogens is 2. The second-order valence-electron chi connectivity index (χ2n) is 7.39. The molecule has 0 bridgehead atoms. The number of aryl methyl sites for hydroxylation is 1. The molecule has 2 atom stereocenters. The quantitative estimate of drug-likeness (QED) is 0.858. The van der Waals surface area contributed by atoms with Crippen LogP contribution in [-0.4, -0.2) is 58.9 Å². The van der Waals surface area contributed by atoms with E-state index in [1.165, 1.54) is 6.33 Å². The highest BCUT2D eigenvalue weighted by Crippen LogP contribution is 2.29. The first-order chi connectivity index (χ1) is 13.6. The van der Waals surface area contributed by atoms with E-state index < -0.39 is 0 Å². The maximum absolute atomic E-state index is 13.0. The number of carbonyl (C=O) groups excluding carboxylic acids is 2. The summed E-state index contributed by atoms with van der Waals surface area (Å²) in [6, 6.07) is 10.3. The average Bonchev–Trinajstić information content (AvgIpc) is 3.03. The Morgan fingerprint density at radius 3 is 2.71 bits per heavy atom. The number of hydrogen-bond acceptors (Lipinski definition) is 5. The third-order valence-corrected chi connectivity index (χ3v) is 5.78. The van der Waals surface area contributed by atoms with Crippen LogP contribution in [0.25, 0.3) is 0 Å². The molecule has 28 heavy (non-hydrogen) atoms. The van der Waals surface area contributed by atoms with Crippen LogP contribution >= 0.6 is 0 Å². The van der Waals surface area contributed by atoms with Gasteiger partial charge in [-0.1, -0.05) is 18.2 Å². The maximum Gasteiger partial charge on any atom is 0.257 e. The van der Waals surface area contributed by atoms with Crippen molar-refractivity contribution in [2.75, 3.05) is 31.1 Å². The van der Waals surface area contributed by atoms with Crippen LogP contribution in [0.5, 0.6) is 0 Å². The minimum atomic E-state index is -0.131. The fourth-order valence-electron chi connectivity index (χ4n) is 4.28. The summed E-state index contributed by atoms with van der Waals surface area (Å²) in [6.45, 7) is 4.41. The second-order valence-corrected chi connectivity index (χ2v) is 7.39. The van der Waals surface area contributed by atoms with Crippen molar-refractivity contribution < 1.29 is 9.59 Å². The molecule has 2 aromatic rings. The molecule has 0 aliphatic carbocycles. The zero-order valence-electron chi connectivity index (χ0n) is 16.0. The van der Waals surface area contributed by atoms with E-state index in [0.717, 1.165) is 18.7 Å². The average molecular weight is 379 g/mol. The fraction of sp³-hybridized carbons (Fsp3) is 0.429. The lowest BCUT2D eigenvalue weighted by molar-refractivity contribution is -0.125. The molecule has 0 saturated carbocycles. The lowest BCUT2D eigenvalue weighted by atomic mass is 9.92. The summed E-state index contributed by atoms with van der Waals surface area (Å²) in [5, 5.41) is 3.05. The number of benzene rings is 1. The van der Waals surface area contributed by atoms with Gasteiger partial charge in [0.2, 0.25) is 5.91 Å². The van der Waals surface area contributed by atoms with Crippen LogP contribution in [-0.2, 0) is 4.79 Å². The van der Waals surface area contributed by atoms with Crippen LogP contribution in [0.15, 0.2) is 42.9 Å². The molecule has 7 nitrogen and oxygen atoms in total. The number of amides is 2. The summed E-state index contributed by atoms with van der Waals surface area (Å²) in [5.41, 5.74) is 2.34. The topological polar surface area (TPSA) is 78.4 Å². The molecule has 0 unspecified atom stereocenters. The SMILES string of the molecule is Cc1ncncc1C(=O)N1CC[C@H]2C(=O)NCCN(c3ccccc3)[C@H]2CC1. The highest BCUT2D eigenvalue weighted by molar-refractivity contribution is 5.95. The van der Waals surface area contributed by atoms with E-state index in [1.807, 2.05) is 30.0 Å². The van der Waals surface area contributed by atoms with Gasteiger partial charge in [-0.2, -0.15) is 0 Å². The van der Waals surface area contributed by atoms with Gasteiger partial charge >= 0.3 is 0 Å². The van der Waals surface area contributed by atoms with Crippen molar-refractivity contribution in [1.29, 1.82) is 0 Å². The Labute approximate surface area is 164 Å². The summed E-state index contributed by atoms with van der Waals surface area (Å²) in [7, 11) is 0. The van der Waals surface area contributed by atoms with Gasteiger partial charge < -0.3 is 15.1 Å². The molecule has 2 saturated heterocycles. The Bertz CT molecular complexity index is 857. The number of rotatable bonds is 2. The highest BCUT2D eigenvalue weighted by atomic mass is 16.2. The van der Waals surface area contributed by atoms with Crippen LogP contribution in [0.4, 0.5) is 5.69 Å². The Balaban J connectivity index is 1.58. The molecule has 2 aliphatic heterocycles. The summed E-state index contributed by atoms with van der Waals surface area (Å²) in [5.74, 6) is -0.0909. The van der Waals surface area contributed by atoms with Gasteiger partial charge in [-0.05, 0) is 31.9 Å². The molecule has 2 aliphatic rings. The predicted molar refractivity (Wildman–Crippen MR) is 106 cm³/mol. The van der Waals surface area contributed by atoms with Crippen molar-refractivity contribution in [3.8, 4) is 0 Å². The van der Waals surface area contributed by atoms with Crippen molar-refractivity contribution in [2.24, 2.45) is 5.92 Å². The second kappa shape index (κ2) is 7.96. The monoisotopic (exact) mass is 379 g/mol. The van der Waals surface area contributed by atoms with Crippen molar-refractivity contribution in [3.63, 3.8) is 0 Å². The van der Waals surface area contributed by atoms with Crippen molar-refractivity contribution in [1.82, 2.24) is 20.2 Å². The van der Waals surface area contributed by atoms with Gasteiger partial charge in [0, 0.05) is 44.1 Å². The summed E-state index contributed by atoms with van der Waals surface area (Å²) < 4.78 is 0. The molecule has 2 amide bonds. The Morgan fingerprint density at radius 2 is 1.93 bits per heavy atom. The van der Waals surface area contributed by atoms with Gasteiger partial charge in [0.1, 0.15) is 6.33 Å². The smallest absolute Gasteiger partial charge is 0.257 e. The summed E-state index contributed by atoms with van der Waals surface area (Å²) >= 11 is 0. The van der Waals surface area contributed by atoms with Crippen molar-refractivity contribution in [3.05, 3.63) is 54.1 Å². The molecule has 146 valence electrons. The van der Waals surface area contributed by atoms with Gasteiger partial charge in [-0.15, -0.1) is 0 Å². The minimum absolute atomic E-state index is 0.0544. The number of carbonyl (C=O) groups is 2. The first-order valence-corrected chi connectivity index (χ1v) is 9.80. The third-order valence-electron chi connectivity index (χ3n) is 5.78. The molecule has 7 heteroatoms. The molecular weight excluding hydrogens is 354 g/mol. The van der Waals surface area contributed by atoms with Crippen molar-refractivity contribution in [2.45, 2.75) is 25.8 Å². The molecular formula is C21H25N5O2. The molecule has 4 rings (SSSR count). The fourth-order valence-corrected chi connectivity index (χ4v) is 4.28. The third kappa shape index (κ3) is 3.56. The van der Waals surface area contributed by atoms with E-state index in [0.29, 0.717) is 37.3 Å². The number of anilines is 1. The van der Waals surface area contributed by atoms with Gasteiger partial charge in [-0.3, -0.25) is 9.59 Å². The normalized spacial score (nSPS) is 22.7. The molecule has 1 N–H and O–H groups in total. The molecule has 2 fully saturated rings. The van der Waals surface area contributed by atoms with Crippen LogP contribution < -0.4 is 10.2 Å². The zero-order chi connectivity index (χ0) is 19.5. The lowest BCUT2D eigenvalue weighted by Gasteiger charge is -2.34. The molecule has 1 aromatic carbocycles. The van der Waals surface area contributed by atoms with E-state index in [-0.39, 0.29) is 23.8 Å². The minimum Gasteiger partial charge on any atom is -0.366 e. The van der Waals surface area contributed by atoms with E-state index in [9.17, 15) is 9.59 Å². The first kappa shape index (κ1) is 18.4. The summed E-state index contributed by atoms with van der Waals surface area (Å²) in [4.78, 5) is 38.0. The molecule has 0 radical (unpaired) electrons. The first-order valence-electron chi connectivity index (χ1n) is 9.80. The van der Waals surface area contributed by atoms with Crippen LogP contribution in [0, 0.1) is 12.8 Å². The number of nitrogens with one attached hydrogen (secondary N) is 1. The number of likely N-dealkylation sites (tertiary alicyclic amines) is 1. The Kier molecular flexibility index (Phi) is 5.23. The number of hydrogen-bond donors (Lipinski definition) is 1. The number of fused-ring (bicyclic) bond motifs is 1. The van der Waals surface area contributed by atoms with Gasteiger partial charge in [0.05, 0.1) is 17.2 Å². The Morgan fingerprint density at radius 1 is 1.14 bits per heavy atom. The van der Waals surface area contributed by atoms with E-state index in [4.69, 9.17) is 0 Å². The standard InChI is InChI=1S/C21H25N5O2/c1-15-18(13-22-14-24-15)21(28)25-10-7-17-19(8-11-25)26(12-9-23-20(17)27)16-5-3-2-4-6-16/h2-6,13-14,17,19H,7-12H2,1H3,(H,23,27)/t17-,19+/m1/s1. The summed E-state index contributed by atoms with van der Waals surface area (Å²) in [6.07, 6.45) is 4.44. The van der Waals surface area contributed by atoms with Crippen LogP contribution in [0.1, 0.15) is 28.9 Å². The van der Waals surface area contributed by atoms with Crippen molar-refractivity contribution >= 4 is 17.5 Å². The molecule has 1 aromatic heterocycles. The lowest BCUT2D eigenvalue weighted by Crippen LogP contribution is -2.43. The van der Waals surface area contributed by atoms with Gasteiger partial charge in [0.15, 0.2) is 0 Å². The van der Waals surface area contributed by atoms with Crippen LogP contribution in [0.3, 0.4) is 0 Å². The molecule has 3 heterocycles. The number of para-hydroxylation sites is 1. The largest absolute Gasteiger partial charge is 0.366 e. The van der Waals surface area contributed by atoms with E-state index >= 15 is 0 Å². The molecule has 0 spiro atoms. The number of nitrogens with zero attached hydrogens (tertiary/aromatic N) is 4. The predicted octanol–water partition coefficient (Wildman–Crippen LogP) is 1.64.